The third-order valence-electron chi connectivity index (χ3n) is 5.02. The number of aliphatic carboxylic acids is 2. The number of amides is 2. The van der Waals surface area contributed by atoms with E-state index < -0.39 is 48.3 Å². The third kappa shape index (κ3) is 7.06. The van der Waals surface area contributed by atoms with Crippen molar-refractivity contribution in [2.45, 2.75) is 50.2 Å². The van der Waals surface area contributed by atoms with E-state index in [2.05, 4.69) is 15.6 Å². The van der Waals surface area contributed by atoms with E-state index in [0.717, 1.165) is 16.5 Å². The summed E-state index contributed by atoms with van der Waals surface area (Å²) in [6.07, 6.45) is 2.51. The van der Waals surface area contributed by atoms with E-state index in [9.17, 15) is 19.2 Å². The first-order valence-corrected chi connectivity index (χ1v) is 10.3. The molecular weight excluding hydrogens is 418 g/mol. The van der Waals surface area contributed by atoms with Gasteiger partial charge in [0.15, 0.2) is 0 Å². The smallest absolute Gasteiger partial charge is 0.326 e. The van der Waals surface area contributed by atoms with Crippen molar-refractivity contribution in [2.24, 2.45) is 11.5 Å². The maximum absolute atomic E-state index is 12.7. The van der Waals surface area contributed by atoms with Crippen LogP contribution in [0.4, 0.5) is 0 Å². The van der Waals surface area contributed by atoms with Crippen LogP contribution in [0.1, 0.15) is 31.2 Å². The zero-order valence-electron chi connectivity index (χ0n) is 17.5. The molecule has 1 aromatic heterocycles. The highest BCUT2D eigenvalue weighted by Gasteiger charge is 2.29. The van der Waals surface area contributed by atoms with Crippen LogP contribution in [0.3, 0.4) is 0 Å². The third-order valence-corrected chi connectivity index (χ3v) is 5.02. The van der Waals surface area contributed by atoms with E-state index in [0.29, 0.717) is 19.4 Å². The number of fused-ring (bicyclic) bond motifs is 1. The fourth-order valence-electron chi connectivity index (χ4n) is 3.32. The molecule has 0 bridgehead atoms. The van der Waals surface area contributed by atoms with E-state index in [1.807, 2.05) is 24.3 Å². The molecule has 11 heteroatoms. The molecule has 3 atom stereocenters. The second-order valence-electron chi connectivity index (χ2n) is 7.51. The summed E-state index contributed by atoms with van der Waals surface area (Å²) < 4.78 is 0. The number of benzene rings is 1. The Morgan fingerprint density at radius 3 is 2.34 bits per heavy atom. The lowest BCUT2D eigenvalue weighted by molar-refractivity contribution is -0.147. The number of para-hydroxylation sites is 1. The van der Waals surface area contributed by atoms with Gasteiger partial charge in [0.1, 0.15) is 12.1 Å². The van der Waals surface area contributed by atoms with Gasteiger partial charge in [-0.1, -0.05) is 18.2 Å². The SMILES string of the molecule is NCCCC[C@H](NC(=O)[C@@H](N)Cc1c[nH]c2ccccc12)C(=O)N[C@@H](CC(=O)O)C(=O)O. The molecule has 2 aromatic rings. The number of carboxylic acid groups (broad SMARTS) is 2. The number of aromatic amines is 1. The minimum atomic E-state index is -1.62. The molecule has 1 heterocycles. The van der Waals surface area contributed by atoms with Gasteiger partial charge in [-0.2, -0.15) is 0 Å². The highest BCUT2D eigenvalue weighted by Crippen LogP contribution is 2.18. The van der Waals surface area contributed by atoms with Gasteiger partial charge in [-0.05, 0) is 43.9 Å². The Labute approximate surface area is 184 Å². The predicted molar refractivity (Wildman–Crippen MR) is 117 cm³/mol. The standard InChI is InChI=1S/C21H29N5O6/c22-8-4-3-7-16(20(30)26-17(21(31)32)10-18(27)28)25-19(29)14(23)9-12-11-24-15-6-2-1-5-13(12)15/h1-2,5-6,11,14,16-17,24H,3-4,7-10,22-23H2,(H,25,29)(H,26,30)(H,27,28)(H,31,32)/t14-,16-,17-/m0/s1. The Morgan fingerprint density at radius 2 is 1.69 bits per heavy atom. The molecule has 1 aromatic carbocycles. The van der Waals surface area contributed by atoms with Crippen LogP contribution in [0.5, 0.6) is 0 Å². The quantitative estimate of drug-likeness (QED) is 0.203. The topological polar surface area (TPSA) is 201 Å². The van der Waals surface area contributed by atoms with Crippen LogP contribution in [0.2, 0.25) is 0 Å². The first-order chi connectivity index (χ1) is 15.2. The van der Waals surface area contributed by atoms with Crippen LogP contribution in [0.25, 0.3) is 10.9 Å². The van der Waals surface area contributed by atoms with Crippen molar-refractivity contribution < 1.29 is 29.4 Å². The summed E-state index contributed by atoms with van der Waals surface area (Å²) in [5, 5.41) is 23.7. The van der Waals surface area contributed by atoms with Gasteiger partial charge in [-0.3, -0.25) is 14.4 Å². The van der Waals surface area contributed by atoms with E-state index in [1.54, 1.807) is 6.20 Å². The summed E-state index contributed by atoms with van der Waals surface area (Å²) in [6, 6.07) is 3.93. The highest BCUT2D eigenvalue weighted by atomic mass is 16.4. The Balaban J connectivity index is 2.06. The van der Waals surface area contributed by atoms with Crippen molar-refractivity contribution in [1.29, 1.82) is 0 Å². The van der Waals surface area contributed by atoms with Gasteiger partial charge in [0.2, 0.25) is 11.8 Å². The number of hydrogen-bond acceptors (Lipinski definition) is 6. The monoisotopic (exact) mass is 447 g/mol. The van der Waals surface area contributed by atoms with Crippen molar-refractivity contribution in [3.05, 3.63) is 36.0 Å². The number of carboxylic acids is 2. The molecule has 0 saturated carbocycles. The first kappa shape index (κ1) is 24.8. The fraction of sp³-hybridized carbons (Fsp3) is 0.429. The van der Waals surface area contributed by atoms with Crippen LogP contribution < -0.4 is 22.1 Å². The average Bonchev–Trinajstić information content (AvgIpc) is 3.15. The summed E-state index contributed by atoms with van der Waals surface area (Å²) in [5.74, 6) is -4.22. The lowest BCUT2D eigenvalue weighted by Gasteiger charge is -2.22. The van der Waals surface area contributed by atoms with Crippen LogP contribution >= 0.6 is 0 Å². The molecular formula is C21H29N5O6. The van der Waals surface area contributed by atoms with Crippen molar-refractivity contribution >= 4 is 34.7 Å². The van der Waals surface area contributed by atoms with Gasteiger partial charge >= 0.3 is 11.9 Å². The molecule has 2 amide bonds. The summed E-state index contributed by atoms with van der Waals surface area (Å²) >= 11 is 0. The molecule has 0 spiro atoms. The van der Waals surface area contributed by atoms with Crippen molar-refractivity contribution in [2.75, 3.05) is 6.54 Å². The molecule has 2 rings (SSSR count). The lowest BCUT2D eigenvalue weighted by Crippen LogP contribution is -2.55. The molecule has 174 valence electrons. The predicted octanol–water partition coefficient (Wildman–Crippen LogP) is -0.304. The minimum absolute atomic E-state index is 0.202. The molecule has 0 fully saturated rings. The number of carbonyl (C=O) groups is 4. The number of hydrogen-bond donors (Lipinski definition) is 7. The number of H-pyrrole nitrogens is 1. The zero-order chi connectivity index (χ0) is 23.7. The maximum Gasteiger partial charge on any atom is 0.326 e. The van der Waals surface area contributed by atoms with Crippen LogP contribution in [0, 0.1) is 0 Å². The average molecular weight is 447 g/mol. The second kappa shape index (κ2) is 11.8. The van der Waals surface area contributed by atoms with Crippen molar-refractivity contribution in [3.63, 3.8) is 0 Å². The molecule has 9 N–H and O–H groups in total. The molecule has 0 aliphatic rings. The number of nitrogens with two attached hydrogens (primary N) is 2. The number of aromatic nitrogens is 1. The Bertz CT molecular complexity index is 959. The van der Waals surface area contributed by atoms with Gasteiger partial charge in [-0.25, -0.2) is 4.79 Å². The van der Waals surface area contributed by atoms with E-state index in [1.165, 1.54) is 0 Å². The number of rotatable bonds is 13. The van der Waals surface area contributed by atoms with E-state index >= 15 is 0 Å². The maximum atomic E-state index is 12.7. The fourth-order valence-corrected chi connectivity index (χ4v) is 3.32. The largest absolute Gasteiger partial charge is 0.481 e. The van der Waals surface area contributed by atoms with Gasteiger partial charge < -0.3 is 37.3 Å². The molecule has 0 unspecified atom stereocenters. The zero-order valence-corrected chi connectivity index (χ0v) is 17.5. The van der Waals surface area contributed by atoms with E-state index in [-0.39, 0.29) is 12.8 Å². The lowest BCUT2D eigenvalue weighted by atomic mass is 10.0. The number of nitrogens with one attached hydrogen (secondary N) is 3. The van der Waals surface area contributed by atoms with Crippen molar-refractivity contribution in [3.8, 4) is 0 Å². The molecule has 0 radical (unpaired) electrons. The molecule has 11 nitrogen and oxygen atoms in total. The van der Waals surface area contributed by atoms with Gasteiger partial charge in [0, 0.05) is 17.1 Å². The molecule has 32 heavy (non-hydrogen) atoms. The van der Waals surface area contributed by atoms with E-state index in [4.69, 9.17) is 21.7 Å². The molecule has 0 aliphatic carbocycles. The minimum Gasteiger partial charge on any atom is -0.481 e. The number of unbranched alkanes of at least 4 members (excludes halogenated alkanes) is 1. The van der Waals surface area contributed by atoms with Gasteiger partial charge in [0.05, 0.1) is 12.5 Å². The Morgan fingerprint density at radius 1 is 1.00 bits per heavy atom. The van der Waals surface area contributed by atoms with Crippen LogP contribution in [-0.2, 0) is 25.6 Å². The Kier molecular flexibility index (Phi) is 9.17. The summed E-state index contributed by atoms with van der Waals surface area (Å²) in [5.41, 5.74) is 13.3. The molecule has 0 saturated heterocycles. The number of carbonyl (C=O) groups excluding carboxylic acids is 2. The molecule has 0 aliphatic heterocycles. The van der Waals surface area contributed by atoms with Crippen molar-refractivity contribution in [1.82, 2.24) is 15.6 Å². The van der Waals surface area contributed by atoms with Crippen LogP contribution in [0.15, 0.2) is 30.5 Å². The first-order valence-electron chi connectivity index (χ1n) is 10.3. The normalized spacial score (nSPS) is 13.8. The summed E-state index contributed by atoms with van der Waals surface area (Å²) in [6.45, 7) is 0.388. The summed E-state index contributed by atoms with van der Waals surface area (Å²) in [4.78, 5) is 50.6. The van der Waals surface area contributed by atoms with Gasteiger partial charge in [0.25, 0.3) is 0 Å². The second-order valence-corrected chi connectivity index (χ2v) is 7.51. The highest BCUT2D eigenvalue weighted by molar-refractivity contribution is 5.93. The van der Waals surface area contributed by atoms with Crippen LogP contribution in [-0.4, -0.2) is 63.6 Å². The Hall–Kier alpha value is -3.44. The van der Waals surface area contributed by atoms with Gasteiger partial charge in [-0.15, -0.1) is 0 Å². The summed E-state index contributed by atoms with van der Waals surface area (Å²) in [7, 11) is 0.